The molecule has 0 radical (unpaired) electrons. The Morgan fingerprint density at radius 1 is 0.848 bits per heavy atom. The van der Waals surface area contributed by atoms with Crippen molar-refractivity contribution in [2.45, 2.75) is 13.8 Å². The van der Waals surface area contributed by atoms with Crippen molar-refractivity contribution in [2.75, 3.05) is 18.0 Å². The second-order valence-corrected chi connectivity index (χ2v) is 7.81. The first-order valence-corrected chi connectivity index (χ1v) is 11.1. The summed E-state index contributed by atoms with van der Waals surface area (Å²) in [6, 6.07) is 26.1. The van der Waals surface area contributed by atoms with Crippen LogP contribution in [0.4, 0.5) is 5.69 Å². The molecule has 0 bridgehead atoms. The van der Waals surface area contributed by atoms with Crippen LogP contribution < -0.4 is 10.5 Å². The van der Waals surface area contributed by atoms with Crippen LogP contribution in [-0.2, 0) is 0 Å². The monoisotopic (exact) mass is 436 g/mol. The second-order valence-electron chi connectivity index (χ2n) is 7.81. The summed E-state index contributed by atoms with van der Waals surface area (Å²) in [6.45, 7) is 5.98. The van der Waals surface area contributed by atoms with Gasteiger partial charge in [0.1, 0.15) is 11.3 Å². The van der Waals surface area contributed by atoms with Crippen LogP contribution in [0.2, 0.25) is 0 Å². The molecule has 5 aromatic rings. The van der Waals surface area contributed by atoms with Crippen LogP contribution in [0.15, 0.2) is 94.3 Å². The van der Waals surface area contributed by atoms with Gasteiger partial charge in [-0.15, -0.1) is 5.10 Å². The third-order valence-electron chi connectivity index (χ3n) is 5.86. The first kappa shape index (κ1) is 20.7. The highest BCUT2D eigenvalue weighted by atomic mass is 16.4. The van der Waals surface area contributed by atoms with E-state index in [2.05, 4.69) is 53.3 Å². The predicted molar refractivity (Wildman–Crippen MR) is 132 cm³/mol. The van der Waals surface area contributed by atoms with Crippen LogP contribution in [0.25, 0.3) is 39.0 Å². The summed E-state index contributed by atoms with van der Waals surface area (Å²) in [5, 5.41) is 9.29. The zero-order valence-corrected chi connectivity index (χ0v) is 18.6. The lowest BCUT2D eigenvalue weighted by molar-refractivity contribution is 0.550. The maximum Gasteiger partial charge on any atom is 0.362 e. The molecule has 0 saturated heterocycles. The number of fused-ring (bicyclic) bond motifs is 1. The molecule has 3 aromatic carbocycles. The van der Waals surface area contributed by atoms with Crippen LogP contribution >= 0.6 is 0 Å². The predicted octanol–water partition coefficient (Wildman–Crippen LogP) is 5.55. The Morgan fingerprint density at radius 2 is 1.55 bits per heavy atom. The third-order valence-corrected chi connectivity index (χ3v) is 5.86. The molecule has 5 rings (SSSR count). The molecule has 0 amide bonds. The Morgan fingerprint density at radius 3 is 2.27 bits per heavy atom. The molecule has 0 aliphatic carbocycles. The topological polar surface area (TPSA) is 64.2 Å². The van der Waals surface area contributed by atoms with Gasteiger partial charge in [-0.2, -0.15) is 0 Å². The third kappa shape index (κ3) is 4.03. The SMILES string of the molecule is CCN(CC)c1ccc2cc(-n3cc(-c4ccc(-c5ccccc5)cc4)nn3)c(=O)oc2c1. The summed E-state index contributed by atoms with van der Waals surface area (Å²) in [4.78, 5) is 14.9. The maximum absolute atomic E-state index is 12.7. The number of nitrogens with zero attached hydrogens (tertiary/aromatic N) is 4. The first-order chi connectivity index (χ1) is 16.2. The molecule has 0 unspecified atom stereocenters. The summed E-state index contributed by atoms with van der Waals surface area (Å²) in [7, 11) is 0. The Bertz CT molecular complexity index is 1450. The molecule has 0 atom stereocenters. The maximum atomic E-state index is 12.7. The Balaban J connectivity index is 1.45. The highest BCUT2D eigenvalue weighted by Crippen LogP contribution is 2.25. The number of anilines is 1. The largest absolute Gasteiger partial charge is 0.421 e. The van der Waals surface area contributed by atoms with Gasteiger partial charge in [-0.05, 0) is 43.2 Å². The van der Waals surface area contributed by atoms with Gasteiger partial charge in [0.25, 0.3) is 0 Å². The Hall–Kier alpha value is -4.19. The number of hydrogen-bond acceptors (Lipinski definition) is 5. The van der Waals surface area contributed by atoms with Crippen molar-refractivity contribution in [3.8, 4) is 28.1 Å². The quantitative estimate of drug-likeness (QED) is 0.326. The van der Waals surface area contributed by atoms with E-state index in [1.807, 2.05) is 48.5 Å². The highest BCUT2D eigenvalue weighted by molar-refractivity contribution is 5.82. The van der Waals surface area contributed by atoms with Gasteiger partial charge in [0.15, 0.2) is 5.69 Å². The van der Waals surface area contributed by atoms with Gasteiger partial charge < -0.3 is 9.32 Å². The van der Waals surface area contributed by atoms with Crippen LogP contribution in [0.1, 0.15) is 13.8 Å². The summed E-state index contributed by atoms with van der Waals surface area (Å²) < 4.78 is 7.11. The molecule has 0 N–H and O–H groups in total. The molecule has 0 saturated carbocycles. The van der Waals surface area contributed by atoms with Crippen molar-refractivity contribution in [3.63, 3.8) is 0 Å². The van der Waals surface area contributed by atoms with Crippen molar-refractivity contribution >= 4 is 16.7 Å². The van der Waals surface area contributed by atoms with Crippen molar-refractivity contribution in [1.82, 2.24) is 15.0 Å². The van der Waals surface area contributed by atoms with Gasteiger partial charge in [0, 0.05) is 35.8 Å². The summed E-state index contributed by atoms with van der Waals surface area (Å²) in [5.74, 6) is 0. The summed E-state index contributed by atoms with van der Waals surface area (Å²) in [5.41, 5.74) is 5.38. The lowest BCUT2D eigenvalue weighted by atomic mass is 10.0. The normalized spacial score (nSPS) is 11.1. The van der Waals surface area contributed by atoms with Crippen LogP contribution in [0.5, 0.6) is 0 Å². The van der Waals surface area contributed by atoms with Crippen molar-refractivity contribution < 1.29 is 4.42 Å². The molecule has 33 heavy (non-hydrogen) atoms. The average Bonchev–Trinajstić information content (AvgIpc) is 3.35. The molecule has 6 heteroatoms. The summed E-state index contributed by atoms with van der Waals surface area (Å²) in [6.07, 6.45) is 1.75. The molecular weight excluding hydrogens is 412 g/mol. The number of aromatic nitrogens is 3. The van der Waals surface area contributed by atoms with E-state index in [-0.39, 0.29) is 0 Å². The van der Waals surface area contributed by atoms with Crippen molar-refractivity contribution in [1.29, 1.82) is 0 Å². The second kappa shape index (κ2) is 8.74. The fraction of sp³-hybridized carbons (Fsp3) is 0.148. The standard InChI is InChI=1S/C27H24N4O2/c1-3-30(4-2)23-15-14-22-16-25(27(32)33-26(22)17-23)31-18-24(28-29-31)21-12-10-20(11-13-21)19-8-6-5-7-9-19/h5-18H,3-4H2,1-2H3. The van der Waals surface area contributed by atoms with E-state index in [1.165, 1.54) is 4.68 Å². The van der Waals surface area contributed by atoms with E-state index >= 15 is 0 Å². The molecule has 0 spiro atoms. The van der Waals surface area contributed by atoms with E-state index in [4.69, 9.17) is 4.42 Å². The number of benzene rings is 3. The van der Waals surface area contributed by atoms with Crippen LogP contribution in [0.3, 0.4) is 0 Å². The number of rotatable bonds is 6. The van der Waals surface area contributed by atoms with Gasteiger partial charge in [-0.1, -0.05) is 59.8 Å². The van der Waals surface area contributed by atoms with Gasteiger partial charge in [0.05, 0.1) is 6.20 Å². The molecule has 2 aromatic heterocycles. The highest BCUT2D eigenvalue weighted by Gasteiger charge is 2.13. The average molecular weight is 437 g/mol. The van der Waals surface area contributed by atoms with E-state index < -0.39 is 5.63 Å². The molecule has 2 heterocycles. The van der Waals surface area contributed by atoms with Gasteiger partial charge in [-0.25, -0.2) is 9.48 Å². The molecule has 0 fully saturated rings. The van der Waals surface area contributed by atoms with E-state index in [0.717, 1.165) is 40.9 Å². The van der Waals surface area contributed by atoms with E-state index in [9.17, 15) is 4.79 Å². The minimum absolute atomic E-state index is 0.331. The molecule has 0 aliphatic heterocycles. The van der Waals surface area contributed by atoms with Crippen LogP contribution in [0, 0.1) is 0 Å². The first-order valence-electron chi connectivity index (χ1n) is 11.1. The molecule has 164 valence electrons. The van der Waals surface area contributed by atoms with Crippen molar-refractivity contribution in [3.05, 3.63) is 95.5 Å². The zero-order valence-electron chi connectivity index (χ0n) is 18.6. The zero-order chi connectivity index (χ0) is 22.8. The minimum atomic E-state index is -0.449. The fourth-order valence-electron chi connectivity index (χ4n) is 4.01. The minimum Gasteiger partial charge on any atom is -0.421 e. The van der Waals surface area contributed by atoms with Gasteiger partial charge in [-0.3, -0.25) is 0 Å². The fourth-order valence-corrected chi connectivity index (χ4v) is 4.01. The van der Waals surface area contributed by atoms with Gasteiger partial charge >= 0.3 is 5.63 Å². The van der Waals surface area contributed by atoms with Crippen molar-refractivity contribution in [2.24, 2.45) is 0 Å². The smallest absolute Gasteiger partial charge is 0.362 e. The Kier molecular flexibility index (Phi) is 5.48. The molecular formula is C27H24N4O2. The lowest BCUT2D eigenvalue weighted by Crippen LogP contribution is -2.21. The van der Waals surface area contributed by atoms with Crippen LogP contribution in [-0.4, -0.2) is 28.1 Å². The van der Waals surface area contributed by atoms with E-state index in [1.54, 1.807) is 12.3 Å². The summed E-state index contributed by atoms with van der Waals surface area (Å²) >= 11 is 0. The number of hydrogen-bond donors (Lipinski definition) is 0. The van der Waals surface area contributed by atoms with E-state index in [0.29, 0.717) is 17.0 Å². The lowest BCUT2D eigenvalue weighted by Gasteiger charge is -2.20. The Labute approximate surface area is 191 Å². The molecule has 0 aliphatic rings. The molecule has 6 nitrogen and oxygen atoms in total. The van der Waals surface area contributed by atoms with Gasteiger partial charge in [0.2, 0.25) is 0 Å².